The number of piperidine rings is 1. The monoisotopic (exact) mass is 480 g/mol. The maximum absolute atomic E-state index is 12.2. The van der Waals surface area contributed by atoms with E-state index in [1.807, 2.05) is 41.3 Å². The van der Waals surface area contributed by atoms with Crippen molar-refractivity contribution in [1.82, 2.24) is 20.1 Å². The first-order valence-corrected chi connectivity index (χ1v) is 12.5. The summed E-state index contributed by atoms with van der Waals surface area (Å²) in [5.74, 6) is -0.0961. The lowest BCUT2D eigenvalue weighted by molar-refractivity contribution is -0.131. The summed E-state index contributed by atoms with van der Waals surface area (Å²) in [6.07, 6.45) is 5.20. The van der Waals surface area contributed by atoms with Crippen molar-refractivity contribution in [1.29, 1.82) is 0 Å². The van der Waals surface area contributed by atoms with Gasteiger partial charge in [-0.25, -0.2) is 0 Å². The number of benzene rings is 2. The van der Waals surface area contributed by atoms with E-state index in [9.17, 15) is 9.59 Å². The third-order valence-corrected chi connectivity index (χ3v) is 7.52. The number of aromatic nitrogens is 1. The van der Waals surface area contributed by atoms with Crippen LogP contribution in [-0.4, -0.2) is 59.8 Å². The third-order valence-electron chi connectivity index (χ3n) is 7.52. The molecular weight excluding hydrogens is 448 g/mol. The summed E-state index contributed by atoms with van der Waals surface area (Å²) in [7, 11) is 1.63. The highest BCUT2D eigenvalue weighted by Crippen LogP contribution is 2.41. The number of likely N-dealkylation sites (tertiary alicyclic amines) is 2. The first-order chi connectivity index (χ1) is 17.5. The topological polar surface area (TPSA) is 65.5 Å². The second kappa shape index (κ2) is 10.1. The summed E-state index contributed by atoms with van der Waals surface area (Å²) in [5.41, 5.74) is 6.04. The molecule has 1 N–H and O–H groups in total. The Morgan fingerprint density at radius 1 is 1.03 bits per heavy atom. The number of carbonyl (C=O) groups is 2. The van der Waals surface area contributed by atoms with E-state index < -0.39 is 0 Å². The first-order valence-electron chi connectivity index (χ1n) is 12.5. The van der Waals surface area contributed by atoms with Gasteiger partial charge in [0.15, 0.2) is 0 Å². The van der Waals surface area contributed by atoms with Crippen molar-refractivity contribution >= 4 is 11.8 Å². The van der Waals surface area contributed by atoms with E-state index in [1.54, 1.807) is 13.2 Å². The van der Waals surface area contributed by atoms with Gasteiger partial charge in [0.05, 0.1) is 11.3 Å². The Balaban J connectivity index is 1.27. The van der Waals surface area contributed by atoms with Crippen molar-refractivity contribution in [3.05, 3.63) is 90.6 Å². The van der Waals surface area contributed by atoms with E-state index in [4.69, 9.17) is 0 Å². The van der Waals surface area contributed by atoms with Crippen LogP contribution < -0.4 is 5.32 Å². The Bertz CT molecular complexity index is 1250. The van der Waals surface area contributed by atoms with Gasteiger partial charge in [-0.15, -0.1) is 0 Å². The van der Waals surface area contributed by atoms with E-state index in [-0.39, 0.29) is 11.8 Å². The normalized spacial score (nSPS) is 16.9. The summed E-state index contributed by atoms with van der Waals surface area (Å²) in [6, 6.07) is 20.6. The summed E-state index contributed by atoms with van der Waals surface area (Å²) >= 11 is 0. The summed E-state index contributed by atoms with van der Waals surface area (Å²) in [5, 5.41) is 2.68. The quantitative estimate of drug-likeness (QED) is 0.532. The molecule has 0 saturated carbocycles. The molecule has 3 heterocycles. The number of carbonyl (C=O) groups excluding carboxylic acids is 2. The zero-order valence-electron chi connectivity index (χ0n) is 20.7. The van der Waals surface area contributed by atoms with E-state index >= 15 is 0 Å². The second-order valence-corrected chi connectivity index (χ2v) is 9.94. The minimum atomic E-state index is -0.146. The van der Waals surface area contributed by atoms with Gasteiger partial charge in [0.2, 0.25) is 5.91 Å². The van der Waals surface area contributed by atoms with Gasteiger partial charge in [-0.05, 0) is 41.5 Å². The predicted molar refractivity (Wildman–Crippen MR) is 142 cm³/mol. The smallest absolute Gasteiger partial charge is 0.252 e. The number of hydrogen-bond donors (Lipinski definition) is 1. The molecule has 2 aliphatic heterocycles. The lowest BCUT2D eigenvalue weighted by Gasteiger charge is -2.54. The van der Waals surface area contributed by atoms with Crippen molar-refractivity contribution in [2.75, 3.05) is 33.2 Å². The summed E-state index contributed by atoms with van der Waals surface area (Å²) in [4.78, 5) is 33.2. The molecule has 0 aliphatic carbocycles. The van der Waals surface area contributed by atoms with Crippen molar-refractivity contribution in [2.24, 2.45) is 5.41 Å². The van der Waals surface area contributed by atoms with Crippen LogP contribution in [0.3, 0.4) is 0 Å². The van der Waals surface area contributed by atoms with E-state index in [1.165, 1.54) is 11.6 Å². The SMILES string of the molecule is C=CC(=O)N1CCC2(CC1)CN(Cc1ccc(-c3ncc(C(=O)NC)cc3-c3ccccc3)cc1)C2. The van der Waals surface area contributed by atoms with Gasteiger partial charge in [-0.2, -0.15) is 0 Å². The molecule has 36 heavy (non-hydrogen) atoms. The number of amides is 2. The van der Waals surface area contributed by atoms with Crippen LogP contribution in [0.5, 0.6) is 0 Å². The molecule has 2 amide bonds. The molecule has 0 bridgehead atoms. The fourth-order valence-corrected chi connectivity index (χ4v) is 5.49. The molecule has 2 fully saturated rings. The predicted octanol–water partition coefficient (Wildman–Crippen LogP) is 4.39. The molecule has 1 aromatic heterocycles. The lowest BCUT2D eigenvalue weighted by Crippen LogP contribution is -2.60. The molecule has 0 unspecified atom stereocenters. The average Bonchev–Trinajstić information content (AvgIpc) is 2.92. The molecule has 2 aromatic carbocycles. The fraction of sp³-hybridized carbons (Fsp3) is 0.300. The van der Waals surface area contributed by atoms with Gasteiger partial charge >= 0.3 is 0 Å². The van der Waals surface area contributed by atoms with Gasteiger partial charge < -0.3 is 10.2 Å². The van der Waals surface area contributed by atoms with Gasteiger partial charge in [0, 0.05) is 57.1 Å². The molecular formula is C30H32N4O2. The molecule has 3 aromatic rings. The molecule has 0 radical (unpaired) electrons. The Morgan fingerprint density at radius 3 is 2.36 bits per heavy atom. The summed E-state index contributed by atoms with van der Waals surface area (Å²) < 4.78 is 0. The van der Waals surface area contributed by atoms with Crippen LogP contribution in [0.15, 0.2) is 79.5 Å². The van der Waals surface area contributed by atoms with E-state index in [0.29, 0.717) is 11.0 Å². The zero-order chi connectivity index (χ0) is 25.1. The highest BCUT2D eigenvalue weighted by atomic mass is 16.2. The minimum absolute atomic E-state index is 0.0503. The molecule has 184 valence electrons. The average molecular weight is 481 g/mol. The second-order valence-electron chi connectivity index (χ2n) is 9.94. The summed E-state index contributed by atoms with van der Waals surface area (Å²) in [6.45, 7) is 8.38. The van der Waals surface area contributed by atoms with Crippen LogP contribution in [0.25, 0.3) is 22.4 Å². The molecule has 2 saturated heterocycles. The Morgan fingerprint density at radius 2 is 1.72 bits per heavy atom. The molecule has 5 rings (SSSR count). The van der Waals surface area contributed by atoms with Crippen molar-refractivity contribution in [3.8, 4) is 22.4 Å². The Labute approximate surface area is 212 Å². The molecule has 0 atom stereocenters. The standard InChI is InChI=1S/C30H32N4O2/c1-3-27(35)34-15-13-30(14-16-34)20-33(21-30)19-22-9-11-24(12-10-22)28-26(23-7-5-4-6-8-23)17-25(18-32-28)29(36)31-2/h3-12,17-18H,1,13-16,19-21H2,2H3,(H,31,36). The highest BCUT2D eigenvalue weighted by molar-refractivity contribution is 5.96. The van der Waals surface area contributed by atoms with E-state index in [0.717, 1.165) is 67.9 Å². The number of hydrogen-bond acceptors (Lipinski definition) is 4. The number of pyridine rings is 1. The Hall–Kier alpha value is -3.77. The highest BCUT2D eigenvalue weighted by Gasteiger charge is 2.44. The molecule has 1 spiro atoms. The van der Waals surface area contributed by atoms with Gasteiger partial charge in [0.1, 0.15) is 0 Å². The first kappa shape index (κ1) is 23.9. The van der Waals surface area contributed by atoms with E-state index in [2.05, 4.69) is 46.0 Å². The number of nitrogens with one attached hydrogen (secondary N) is 1. The van der Waals surface area contributed by atoms with Crippen LogP contribution in [0.4, 0.5) is 0 Å². The van der Waals surface area contributed by atoms with Crippen LogP contribution in [-0.2, 0) is 11.3 Å². The lowest BCUT2D eigenvalue weighted by atomic mass is 9.72. The van der Waals surface area contributed by atoms with Gasteiger partial charge in [0.25, 0.3) is 5.91 Å². The van der Waals surface area contributed by atoms with Crippen LogP contribution in [0.2, 0.25) is 0 Å². The molecule has 2 aliphatic rings. The molecule has 6 nitrogen and oxygen atoms in total. The number of rotatable bonds is 6. The van der Waals surface area contributed by atoms with Crippen molar-refractivity contribution in [2.45, 2.75) is 19.4 Å². The number of nitrogens with zero attached hydrogens (tertiary/aromatic N) is 3. The minimum Gasteiger partial charge on any atom is -0.355 e. The maximum Gasteiger partial charge on any atom is 0.252 e. The zero-order valence-corrected chi connectivity index (χ0v) is 20.7. The van der Waals surface area contributed by atoms with Crippen molar-refractivity contribution in [3.63, 3.8) is 0 Å². The van der Waals surface area contributed by atoms with Crippen molar-refractivity contribution < 1.29 is 9.59 Å². The Kier molecular flexibility index (Phi) is 6.70. The largest absolute Gasteiger partial charge is 0.355 e. The van der Waals surface area contributed by atoms with Crippen LogP contribution in [0.1, 0.15) is 28.8 Å². The fourth-order valence-electron chi connectivity index (χ4n) is 5.49. The van der Waals surface area contributed by atoms with Crippen LogP contribution >= 0.6 is 0 Å². The van der Waals surface area contributed by atoms with Gasteiger partial charge in [-0.1, -0.05) is 61.2 Å². The van der Waals surface area contributed by atoms with Crippen LogP contribution in [0, 0.1) is 5.41 Å². The maximum atomic E-state index is 12.2. The van der Waals surface area contributed by atoms with Gasteiger partial charge in [-0.3, -0.25) is 19.5 Å². The third kappa shape index (κ3) is 4.82. The molecule has 6 heteroatoms.